The van der Waals surface area contributed by atoms with Gasteiger partial charge in [0.2, 0.25) is 0 Å². The second kappa shape index (κ2) is 6.11. The number of fused-ring (bicyclic) bond motifs is 1. The number of carbonyl (C=O) groups is 1. The Labute approximate surface area is 130 Å². The van der Waals surface area contributed by atoms with Crippen molar-refractivity contribution in [1.29, 1.82) is 0 Å². The molecule has 2 N–H and O–H groups in total. The summed E-state index contributed by atoms with van der Waals surface area (Å²) in [6, 6.07) is 14.9. The van der Waals surface area contributed by atoms with E-state index < -0.39 is 0 Å². The third-order valence-corrected chi connectivity index (χ3v) is 4.04. The first-order valence-corrected chi connectivity index (χ1v) is 7.55. The van der Waals surface area contributed by atoms with E-state index in [1.54, 1.807) is 6.07 Å². The van der Waals surface area contributed by atoms with Crippen molar-refractivity contribution in [2.24, 2.45) is 0 Å². The van der Waals surface area contributed by atoms with Crippen molar-refractivity contribution in [2.75, 3.05) is 5.32 Å². The number of hydrogen-bond acceptors (Lipinski definition) is 3. The van der Waals surface area contributed by atoms with Crippen molar-refractivity contribution >= 4 is 44.3 Å². The van der Waals surface area contributed by atoms with Gasteiger partial charge in [0.15, 0.2) is 5.13 Å². The van der Waals surface area contributed by atoms with Crippen LogP contribution in [0.1, 0.15) is 5.56 Å². The van der Waals surface area contributed by atoms with Crippen molar-refractivity contribution in [3.05, 3.63) is 59.1 Å². The smallest absolute Gasteiger partial charge is 0.321 e. The molecule has 21 heavy (non-hydrogen) atoms. The minimum Gasteiger partial charge on any atom is -0.334 e. The molecule has 3 rings (SSSR count). The van der Waals surface area contributed by atoms with Gasteiger partial charge >= 0.3 is 6.03 Å². The molecular weight excluding hydrogens is 306 g/mol. The van der Waals surface area contributed by atoms with Gasteiger partial charge in [-0.1, -0.05) is 53.3 Å². The van der Waals surface area contributed by atoms with Gasteiger partial charge in [-0.05, 0) is 23.8 Å². The highest BCUT2D eigenvalue weighted by Crippen LogP contribution is 2.28. The first-order chi connectivity index (χ1) is 10.2. The van der Waals surface area contributed by atoms with Crippen LogP contribution in [0.5, 0.6) is 0 Å². The highest BCUT2D eigenvalue weighted by Gasteiger charge is 2.07. The summed E-state index contributed by atoms with van der Waals surface area (Å²) in [5.41, 5.74) is 1.87. The van der Waals surface area contributed by atoms with Gasteiger partial charge in [-0.2, -0.15) is 0 Å². The van der Waals surface area contributed by atoms with E-state index in [4.69, 9.17) is 11.6 Å². The fourth-order valence-corrected chi connectivity index (χ4v) is 3.01. The number of hydrogen-bond donors (Lipinski definition) is 2. The number of amides is 2. The van der Waals surface area contributed by atoms with Crippen molar-refractivity contribution in [3.8, 4) is 0 Å². The Morgan fingerprint density at radius 2 is 2.00 bits per heavy atom. The number of nitrogens with zero attached hydrogens (tertiary/aromatic N) is 1. The third-order valence-electron chi connectivity index (χ3n) is 2.87. The Kier molecular flexibility index (Phi) is 4.03. The molecule has 0 bridgehead atoms. The van der Waals surface area contributed by atoms with Crippen molar-refractivity contribution in [2.45, 2.75) is 6.54 Å². The molecule has 1 aromatic heterocycles. The molecule has 0 saturated heterocycles. The minimum atomic E-state index is -0.274. The van der Waals surface area contributed by atoms with Crippen LogP contribution in [-0.2, 0) is 6.54 Å². The number of urea groups is 1. The second-order valence-corrected chi connectivity index (χ2v) is 5.89. The Hall–Kier alpha value is -2.11. The highest BCUT2D eigenvalue weighted by molar-refractivity contribution is 7.22. The molecule has 4 nitrogen and oxygen atoms in total. The number of halogens is 1. The molecular formula is C15H12ClN3OS. The molecule has 0 aliphatic carbocycles. The molecule has 0 spiro atoms. The summed E-state index contributed by atoms with van der Waals surface area (Å²) in [5, 5.41) is 6.74. The van der Waals surface area contributed by atoms with Gasteiger partial charge in [-0.15, -0.1) is 0 Å². The van der Waals surface area contributed by atoms with E-state index in [-0.39, 0.29) is 6.03 Å². The first-order valence-electron chi connectivity index (χ1n) is 6.35. The van der Waals surface area contributed by atoms with Crippen LogP contribution < -0.4 is 10.6 Å². The number of anilines is 1. The summed E-state index contributed by atoms with van der Waals surface area (Å²) in [4.78, 5) is 16.2. The zero-order valence-electron chi connectivity index (χ0n) is 11.0. The van der Waals surface area contributed by atoms with Gasteiger partial charge in [0.05, 0.1) is 10.2 Å². The summed E-state index contributed by atoms with van der Waals surface area (Å²) < 4.78 is 0.945. The fraction of sp³-hybridized carbons (Fsp3) is 0.0667. The molecule has 0 saturated carbocycles. The maximum atomic E-state index is 11.8. The molecule has 2 amide bonds. The monoisotopic (exact) mass is 317 g/mol. The van der Waals surface area contributed by atoms with E-state index in [1.807, 2.05) is 42.5 Å². The van der Waals surface area contributed by atoms with Crippen molar-refractivity contribution < 1.29 is 4.79 Å². The minimum absolute atomic E-state index is 0.274. The van der Waals surface area contributed by atoms with E-state index in [1.165, 1.54) is 11.3 Å². The van der Waals surface area contributed by atoms with Gasteiger partial charge in [0.25, 0.3) is 0 Å². The topological polar surface area (TPSA) is 54.0 Å². The Balaban J connectivity index is 1.63. The van der Waals surface area contributed by atoms with Crippen LogP contribution in [-0.4, -0.2) is 11.0 Å². The van der Waals surface area contributed by atoms with Crippen molar-refractivity contribution in [1.82, 2.24) is 10.3 Å². The van der Waals surface area contributed by atoms with Gasteiger partial charge < -0.3 is 5.32 Å². The van der Waals surface area contributed by atoms with E-state index in [2.05, 4.69) is 15.6 Å². The maximum Gasteiger partial charge on any atom is 0.321 e. The van der Waals surface area contributed by atoms with Crippen LogP contribution in [0, 0.1) is 0 Å². The summed E-state index contributed by atoms with van der Waals surface area (Å²) in [7, 11) is 0. The summed E-state index contributed by atoms with van der Waals surface area (Å²) in [6.45, 7) is 0.476. The second-order valence-electron chi connectivity index (χ2n) is 4.42. The lowest BCUT2D eigenvalue weighted by Gasteiger charge is -2.04. The zero-order chi connectivity index (χ0) is 14.7. The standard InChI is InChI=1S/C15H12ClN3OS/c16-11-6-7-12-13(8-11)21-15(18-12)19-14(20)17-9-10-4-2-1-3-5-10/h1-8H,9H2,(H2,17,18,19,20). The van der Waals surface area contributed by atoms with Gasteiger partial charge in [-0.3, -0.25) is 5.32 Å². The number of nitrogens with one attached hydrogen (secondary N) is 2. The fourth-order valence-electron chi connectivity index (χ4n) is 1.87. The molecule has 0 unspecified atom stereocenters. The lowest BCUT2D eigenvalue weighted by atomic mass is 10.2. The molecule has 0 aliphatic rings. The number of thiazole rings is 1. The predicted molar refractivity (Wildman–Crippen MR) is 86.9 cm³/mol. The van der Waals surface area contributed by atoms with Crippen LogP contribution in [0.2, 0.25) is 5.02 Å². The Morgan fingerprint density at radius 1 is 1.19 bits per heavy atom. The van der Waals surface area contributed by atoms with Crippen LogP contribution in [0.3, 0.4) is 0 Å². The normalized spacial score (nSPS) is 10.5. The quantitative estimate of drug-likeness (QED) is 0.758. The van der Waals surface area contributed by atoms with E-state index in [9.17, 15) is 4.79 Å². The third kappa shape index (κ3) is 3.51. The number of carbonyl (C=O) groups excluding carboxylic acids is 1. The van der Waals surface area contributed by atoms with Crippen LogP contribution in [0.15, 0.2) is 48.5 Å². The SMILES string of the molecule is O=C(NCc1ccccc1)Nc1nc2ccc(Cl)cc2s1. The summed E-state index contributed by atoms with van der Waals surface area (Å²) in [5.74, 6) is 0. The predicted octanol–water partition coefficient (Wildman–Crippen LogP) is 4.27. The molecule has 0 radical (unpaired) electrons. The average molecular weight is 318 g/mol. The van der Waals surface area contributed by atoms with Gasteiger partial charge in [-0.25, -0.2) is 9.78 Å². The molecule has 3 aromatic rings. The Morgan fingerprint density at radius 3 is 2.81 bits per heavy atom. The number of rotatable bonds is 3. The lowest BCUT2D eigenvalue weighted by molar-refractivity contribution is 0.251. The molecule has 0 fully saturated rings. The summed E-state index contributed by atoms with van der Waals surface area (Å²) >= 11 is 7.32. The molecule has 106 valence electrons. The van der Waals surface area contributed by atoms with Crippen LogP contribution in [0.25, 0.3) is 10.2 Å². The number of aromatic nitrogens is 1. The van der Waals surface area contributed by atoms with E-state index in [0.717, 1.165) is 15.8 Å². The highest BCUT2D eigenvalue weighted by atomic mass is 35.5. The molecule has 6 heteroatoms. The van der Waals surface area contributed by atoms with E-state index in [0.29, 0.717) is 16.7 Å². The van der Waals surface area contributed by atoms with Gasteiger partial charge in [0, 0.05) is 11.6 Å². The van der Waals surface area contributed by atoms with Crippen LogP contribution >= 0.6 is 22.9 Å². The molecule has 2 aromatic carbocycles. The molecule has 0 atom stereocenters. The van der Waals surface area contributed by atoms with E-state index >= 15 is 0 Å². The van der Waals surface area contributed by atoms with Gasteiger partial charge in [0.1, 0.15) is 0 Å². The molecule has 1 heterocycles. The molecule has 0 aliphatic heterocycles. The lowest BCUT2D eigenvalue weighted by Crippen LogP contribution is -2.28. The largest absolute Gasteiger partial charge is 0.334 e. The summed E-state index contributed by atoms with van der Waals surface area (Å²) in [6.07, 6.45) is 0. The average Bonchev–Trinajstić information content (AvgIpc) is 2.87. The number of benzene rings is 2. The Bertz CT molecular complexity index is 773. The first kappa shape index (κ1) is 13.9. The van der Waals surface area contributed by atoms with Crippen LogP contribution in [0.4, 0.5) is 9.93 Å². The zero-order valence-corrected chi connectivity index (χ0v) is 12.5. The maximum absolute atomic E-state index is 11.8. The van der Waals surface area contributed by atoms with Crippen molar-refractivity contribution in [3.63, 3.8) is 0 Å².